The number of piperidine rings is 1. The maximum atomic E-state index is 9.69. The molecular weight excluding hydrogens is 142 g/mol. The van der Waals surface area contributed by atoms with Crippen LogP contribution in [0.3, 0.4) is 0 Å². The molecule has 0 aromatic carbocycles. The van der Waals surface area contributed by atoms with E-state index < -0.39 is 0 Å². The van der Waals surface area contributed by atoms with Gasteiger partial charge in [0.2, 0.25) is 0 Å². The average Bonchev–Trinajstić information content (AvgIpc) is 1.91. The van der Waals surface area contributed by atoms with E-state index in [0.717, 1.165) is 32.7 Å². The molecule has 0 bridgehead atoms. The van der Waals surface area contributed by atoms with Gasteiger partial charge in [-0.2, -0.15) is 0 Å². The van der Waals surface area contributed by atoms with E-state index in [-0.39, 0.29) is 11.5 Å². The number of aliphatic hydroxyl groups is 1. The maximum absolute atomic E-state index is 9.69. The van der Waals surface area contributed by atoms with Crippen LogP contribution in [-0.4, -0.2) is 49.5 Å². The van der Waals surface area contributed by atoms with Gasteiger partial charge < -0.3 is 14.7 Å². The second-order valence-corrected chi connectivity index (χ2v) is 3.90. The first kappa shape index (κ1) is 7.53. The van der Waals surface area contributed by atoms with Crippen molar-refractivity contribution in [1.29, 1.82) is 0 Å². The summed E-state index contributed by atoms with van der Waals surface area (Å²) in [6, 6.07) is 0. The van der Waals surface area contributed by atoms with E-state index >= 15 is 0 Å². The molecule has 3 nitrogen and oxygen atoms in total. The zero-order valence-corrected chi connectivity index (χ0v) is 6.92. The Morgan fingerprint density at radius 3 is 2.73 bits per heavy atom. The molecule has 2 aliphatic heterocycles. The second kappa shape index (κ2) is 2.44. The molecule has 0 aromatic heterocycles. The van der Waals surface area contributed by atoms with Crippen molar-refractivity contribution in [3.8, 4) is 0 Å². The summed E-state index contributed by atoms with van der Waals surface area (Å²) in [5, 5.41) is 9.69. The lowest BCUT2D eigenvalue weighted by molar-refractivity contribution is -0.196. The van der Waals surface area contributed by atoms with Crippen LogP contribution in [0.15, 0.2) is 0 Å². The van der Waals surface area contributed by atoms with Crippen molar-refractivity contribution in [1.82, 2.24) is 4.90 Å². The van der Waals surface area contributed by atoms with Crippen LogP contribution in [-0.2, 0) is 4.74 Å². The third-order valence-electron chi connectivity index (χ3n) is 2.85. The van der Waals surface area contributed by atoms with Crippen LogP contribution in [0, 0.1) is 5.41 Å². The SMILES string of the molecule is CN1CCC(O)C2(COC2)C1. The average molecular weight is 157 g/mol. The lowest BCUT2D eigenvalue weighted by Crippen LogP contribution is -2.60. The normalized spacial score (nSPS) is 37.1. The molecule has 3 heteroatoms. The summed E-state index contributed by atoms with van der Waals surface area (Å²) in [7, 11) is 2.10. The molecule has 1 spiro atoms. The van der Waals surface area contributed by atoms with E-state index in [1.807, 2.05) is 0 Å². The molecule has 1 atom stereocenters. The predicted octanol–water partition coefficient (Wildman–Crippen LogP) is -0.301. The fourth-order valence-corrected chi connectivity index (χ4v) is 2.02. The summed E-state index contributed by atoms with van der Waals surface area (Å²) in [4.78, 5) is 2.27. The first-order valence-electron chi connectivity index (χ1n) is 4.17. The van der Waals surface area contributed by atoms with Crippen LogP contribution in [0.4, 0.5) is 0 Å². The molecule has 64 valence electrons. The fourth-order valence-electron chi connectivity index (χ4n) is 2.02. The van der Waals surface area contributed by atoms with Gasteiger partial charge in [0.1, 0.15) is 0 Å². The first-order valence-corrected chi connectivity index (χ1v) is 4.17. The van der Waals surface area contributed by atoms with Crippen molar-refractivity contribution in [2.75, 3.05) is 33.4 Å². The molecule has 1 unspecified atom stereocenters. The van der Waals surface area contributed by atoms with Crippen LogP contribution in [0.1, 0.15) is 6.42 Å². The minimum atomic E-state index is -0.132. The summed E-state index contributed by atoms with van der Waals surface area (Å²) < 4.78 is 5.15. The van der Waals surface area contributed by atoms with Gasteiger partial charge in [-0.15, -0.1) is 0 Å². The molecule has 2 saturated heterocycles. The maximum Gasteiger partial charge on any atom is 0.0665 e. The van der Waals surface area contributed by atoms with Crippen molar-refractivity contribution in [3.05, 3.63) is 0 Å². The number of ether oxygens (including phenoxy) is 1. The Morgan fingerprint density at radius 2 is 2.27 bits per heavy atom. The second-order valence-electron chi connectivity index (χ2n) is 3.90. The monoisotopic (exact) mass is 157 g/mol. The summed E-state index contributed by atoms with van der Waals surface area (Å²) in [5.41, 5.74) is 0.0903. The van der Waals surface area contributed by atoms with E-state index in [1.54, 1.807) is 0 Å². The molecule has 0 aromatic rings. The number of aliphatic hydroxyl groups excluding tert-OH is 1. The number of hydrogen-bond acceptors (Lipinski definition) is 3. The summed E-state index contributed by atoms with van der Waals surface area (Å²) >= 11 is 0. The van der Waals surface area contributed by atoms with Crippen molar-refractivity contribution >= 4 is 0 Å². The number of rotatable bonds is 0. The molecule has 0 aliphatic carbocycles. The zero-order valence-electron chi connectivity index (χ0n) is 6.92. The Hall–Kier alpha value is -0.120. The first-order chi connectivity index (χ1) is 5.23. The number of nitrogens with zero attached hydrogens (tertiary/aromatic N) is 1. The van der Waals surface area contributed by atoms with Gasteiger partial charge in [0.25, 0.3) is 0 Å². The molecule has 2 aliphatic rings. The van der Waals surface area contributed by atoms with Crippen LogP contribution >= 0.6 is 0 Å². The van der Waals surface area contributed by atoms with Crippen LogP contribution in [0.2, 0.25) is 0 Å². The predicted molar refractivity (Wildman–Crippen MR) is 41.4 cm³/mol. The molecule has 2 rings (SSSR count). The fraction of sp³-hybridized carbons (Fsp3) is 1.00. The van der Waals surface area contributed by atoms with E-state index in [1.165, 1.54) is 0 Å². The Morgan fingerprint density at radius 1 is 1.55 bits per heavy atom. The number of hydrogen-bond donors (Lipinski definition) is 1. The van der Waals surface area contributed by atoms with Gasteiger partial charge in [-0.1, -0.05) is 0 Å². The minimum absolute atomic E-state index is 0.0903. The van der Waals surface area contributed by atoms with Crippen molar-refractivity contribution in [2.45, 2.75) is 12.5 Å². The quantitative estimate of drug-likeness (QED) is 0.524. The molecule has 2 heterocycles. The Kier molecular flexibility index (Phi) is 1.67. The minimum Gasteiger partial charge on any atom is -0.392 e. The van der Waals surface area contributed by atoms with Crippen LogP contribution in [0.5, 0.6) is 0 Å². The van der Waals surface area contributed by atoms with E-state index in [4.69, 9.17) is 4.74 Å². The molecule has 2 fully saturated rings. The Bertz CT molecular complexity index is 156. The smallest absolute Gasteiger partial charge is 0.0665 e. The van der Waals surface area contributed by atoms with Gasteiger partial charge in [-0.25, -0.2) is 0 Å². The highest BCUT2D eigenvalue weighted by molar-refractivity contribution is 4.97. The standard InChI is InChI=1S/C8H15NO2/c1-9-3-2-7(10)8(4-9)5-11-6-8/h7,10H,2-6H2,1H3. The highest BCUT2D eigenvalue weighted by atomic mass is 16.5. The third kappa shape index (κ3) is 1.08. The number of likely N-dealkylation sites (tertiary alicyclic amines) is 1. The van der Waals surface area contributed by atoms with Crippen molar-refractivity contribution < 1.29 is 9.84 Å². The third-order valence-corrected chi connectivity index (χ3v) is 2.85. The molecular formula is C8H15NO2. The van der Waals surface area contributed by atoms with Gasteiger partial charge in [-0.05, 0) is 13.5 Å². The summed E-state index contributed by atoms with van der Waals surface area (Å²) in [5.74, 6) is 0. The highest BCUT2D eigenvalue weighted by Crippen LogP contribution is 2.36. The van der Waals surface area contributed by atoms with E-state index in [0.29, 0.717) is 0 Å². The van der Waals surface area contributed by atoms with Crippen molar-refractivity contribution in [2.24, 2.45) is 5.41 Å². The topological polar surface area (TPSA) is 32.7 Å². The Balaban J connectivity index is 2.04. The van der Waals surface area contributed by atoms with Gasteiger partial charge >= 0.3 is 0 Å². The van der Waals surface area contributed by atoms with Crippen LogP contribution in [0.25, 0.3) is 0 Å². The van der Waals surface area contributed by atoms with E-state index in [2.05, 4.69) is 11.9 Å². The molecule has 1 N–H and O–H groups in total. The van der Waals surface area contributed by atoms with Crippen molar-refractivity contribution in [3.63, 3.8) is 0 Å². The molecule has 0 radical (unpaired) electrons. The highest BCUT2D eigenvalue weighted by Gasteiger charge is 2.47. The van der Waals surface area contributed by atoms with Crippen LogP contribution < -0.4 is 0 Å². The largest absolute Gasteiger partial charge is 0.392 e. The van der Waals surface area contributed by atoms with E-state index in [9.17, 15) is 5.11 Å². The van der Waals surface area contributed by atoms with Gasteiger partial charge in [-0.3, -0.25) is 0 Å². The van der Waals surface area contributed by atoms with Gasteiger partial charge in [0.15, 0.2) is 0 Å². The Labute approximate surface area is 66.9 Å². The lowest BCUT2D eigenvalue weighted by Gasteiger charge is -2.50. The molecule has 11 heavy (non-hydrogen) atoms. The van der Waals surface area contributed by atoms with Gasteiger partial charge in [0, 0.05) is 13.1 Å². The summed E-state index contributed by atoms with van der Waals surface area (Å²) in [6.45, 7) is 3.51. The summed E-state index contributed by atoms with van der Waals surface area (Å²) in [6.07, 6.45) is 0.771. The molecule has 0 amide bonds. The molecule has 0 saturated carbocycles. The lowest BCUT2D eigenvalue weighted by atomic mass is 9.76. The van der Waals surface area contributed by atoms with Gasteiger partial charge in [0.05, 0.1) is 24.7 Å². The zero-order chi connectivity index (χ0) is 7.90.